The van der Waals surface area contributed by atoms with E-state index in [1.807, 2.05) is 0 Å². The van der Waals surface area contributed by atoms with Crippen LogP contribution in [-0.4, -0.2) is 27.3 Å². The van der Waals surface area contributed by atoms with Gasteiger partial charge in [0, 0.05) is 0 Å². The minimum atomic E-state index is -1.34. The van der Waals surface area contributed by atoms with Gasteiger partial charge in [-0.05, 0) is 0 Å². The molecule has 0 nitrogen and oxygen atoms in total. The van der Waals surface area contributed by atoms with Crippen LogP contribution in [0.3, 0.4) is 0 Å². The molecular weight excluding hydrogens is 339 g/mol. The van der Waals surface area contributed by atoms with Crippen molar-refractivity contribution in [3.8, 4) is 0 Å². The molecule has 0 amide bonds. The molecule has 0 aliphatic heterocycles. The van der Waals surface area contributed by atoms with E-state index in [1.165, 1.54) is 16.7 Å². The van der Waals surface area contributed by atoms with Gasteiger partial charge in [-0.1, -0.05) is 0 Å². The summed E-state index contributed by atoms with van der Waals surface area (Å²) in [5, 5.41) is 3.26. The molecule has 94 valence electrons. The number of hydrogen-bond acceptors (Lipinski definition) is 0. The van der Waals surface area contributed by atoms with Crippen molar-refractivity contribution in [1.29, 1.82) is 0 Å². The van der Waals surface area contributed by atoms with Gasteiger partial charge in [0.1, 0.15) is 0 Å². The Morgan fingerprint density at radius 2 is 1.44 bits per heavy atom. The van der Waals surface area contributed by atoms with Crippen molar-refractivity contribution in [1.82, 2.24) is 0 Å². The van der Waals surface area contributed by atoms with Crippen LogP contribution in [-0.2, 0) is 0 Å². The van der Waals surface area contributed by atoms with E-state index in [4.69, 9.17) is 0 Å². The van der Waals surface area contributed by atoms with Gasteiger partial charge in [0.2, 0.25) is 0 Å². The Labute approximate surface area is 124 Å². The SMILES string of the molecule is Cc1ccc([Si](C)([SnH3])c2ccccc2)c(C)c1C. The van der Waals surface area contributed by atoms with Gasteiger partial charge in [0.15, 0.2) is 0 Å². The van der Waals surface area contributed by atoms with E-state index < -0.39 is 5.58 Å². The van der Waals surface area contributed by atoms with Crippen LogP contribution in [0.5, 0.6) is 0 Å². The fourth-order valence-electron chi connectivity index (χ4n) is 2.64. The molecule has 0 aliphatic carbocycles. The molecule has 0 saturated heterocycles. The fraction of sp³-hybridized carbons (Fsp3) is 0.250. The Bertz CT molecular complexity index is 559. The van der Waals surface area contributed by atoms with Crippen molar-refractivity contribution in [2.75, 3.05) is 0 Å². The van der Waals surface area contributed by atoms with Crippen LogP contribution in [0.2, 0.25) is 6.55 Å². The number of hydrogen-bond donors (Lipinski definition) is 0. The molecule has 0 bridgehead atoms. The van der Waals surface area contributed by atoms with Crippen molar-refractivity contribution in [2.24, 2.45) is 0 Å². The normalized spacial score (nSPS) is 14.4. The third kappa shape index (κ3) is 2.43. The second-order valence-electron chi connectivity index (χ2n) is 5.67. The van der Waals surface area contributed by atoms with Gasteiger partial charge >= 0.3 is 124 Å². The van der Waals surface area contributed by atoms with Crippen LogP contribution in [0.25, 0.3) is 0 Å². The van der Waals surface area contributed by atoms with Crippen LogP contribution in [0.4, 0.5) is 0 Å². The molecule has 0 spiro atoms. The molecule has 0 fully saturated rings. The maximum atomic E-state index is 2.54. The van der Waals surface area contributed by atoms with E-state index in [-0.39, 0.29) is 0 Å². The summed E-state index contributed by atoms with van der Waals surface area (Å²) in [5.41, 5.74) is 3.09. The van der Waals surface area contributed by atoms with Crippen molar-refractivity contribution in [2.45, 2.75) is 27.3 Å². The van der Waals surface area contributed by atoms with Crippen LogP contribution >= 0.6 is 0 Å². The van der Waals surface area contributed by atoms with Gasteiger partial charge in [0.05, 0.1) is 0 Å². The standard InChI is InChI=1S/C16H19Si.Sn.3H/c1-12-10-11-16(14(3)13(12)2)17(4)15-8-6-5-7-9-15;;;;/h5-11H,1-4H3;;;;. The van der Waals surface area contributed by atoms with Gasteiger partial charge in [-0.25, -0.2) is 0 Å². The molecule has 1 unspecified atom stereocenters. The zero-order valence-electron chi connectivity index (χ0n) is 12.0. The maximum absolute atomic E-state index is 2.54. The van der Waals surface area contributed by atoms with Gasteiger partial charge in [-0.3, -0.25) is 0 Å². The van der Waals surface area contributed by atoms with Gasteiger partial charge in [0.25, 0.3) is 0 Å². The Balaban J connectivity index is 2.58. The molecule has 0 radical (unpaired) electrons. The first-order chi connectivity index (χ1) is 8.44. The topological polar surface area (TPSA) is 0 Å². The molecule has 0 saturated carbocycles. The number of aryl methyl sites for hydroxylation is 1. The number of rotatable bonds is 2. The Morgan fingerprint density at radius 3 is 2.06 bits per heavy atom. The zero-order valence-corrected chi connectivity index (χ0v) is 18.7. The van der Waals surface area contributed by atoms with Crippen LogP contribution < -0.4 is 10.4 Å². The molecule has 2 aromatic rings. The number of benzene rings is 2. The van der Waals surface area contributed by atoms with Crippen molar-refractivity contribution in [3.63, 3.8) is 0 Å². The average molecular weight is 361 g/mol. The summed E-state index contributed by atoms with van der Waals surface area (Å²) in [6, 6.07) is 15.9. The van der Waals surface area contributed by atoms with Crippen LogP contribution in [0.15, 0.2) is 42.5 Å². The molecular formula is C16H22SiSn. The van der Waals surface area contributed by atoms with E-state index in [1.54, 1.807) is 10.4 Å². The summed E-state index contributed by atoms with van der Waals surface area (Å²) < 4.78 is 0. The first kappa shape index (κ1) is 13.9. The molecule has 0 N–H and O–H groups in total. The molecule has 0 heterocycles. The summed E-state index contributed by atoms with van der Waals surface area (Å²) in [6.45, 7) is 9.32. The van der Waals surface area contributed by atoms with E-state index in [0.29, 0.717) is 21.7 Å². The summed E-state index contributed by atoms with van der Waals surface area (Å²) in [5.74, 6) is 0. The molecule has 2 aromatic carbocycles. The second-order valence-corrected chi connectivity index (χ2v) is 27.2. The Morgan fingerprint density at radius 1 is 0.833 bits per heavy atom. The summed E-state index contributed by atoms with van der Waals surface area (Å²) in [6.07, 6.45) is 0. The molecule has 1 atom stereocenters. The fourth-order valence-corrected chi connectivity index (χ4v) is 13.1. The Kier molecular flexibility index (Phi) is 4.02. The minimum absolute atomic E-state index is 0.649. The van der Waals surface area contributed by atoms with Crippen LogP contribution in [0, 0.1) is 20.8 Å². The van der Waals surface area contributed by atoms with Crippen molar-refractivity contribution >= 4 is 37.7 Å². The predicted octanol–water partition coefficient (Wildman–Crippen LogP) is 1.67. The van der Waals surface area contributed by atoms with Crippen LogP contribution in [0.1, 0.15) is 16.7 Å². The summed E-state index contributed by atoms with van der Waals surface area (Å²) >= 11 is 0.649. The van der Waals surface area contributed by atoms with E-state index in [9.17, 15) is 0 Å². The van der Waals surface area contributed by atoms with Crippen molar-refractivity contribution in [3.05, 3.63) is 59.2 Å². The molecule has 0 aromatic heterocycles. The third-order valence-corrected chi connectivity index (χ3v) is 17.4. The summed E-state index contributed by atoms with van der Waals surface area (Å²) in [4.78, 5) is 0. The predicted molar refractivity (Wildman–Crippen MR) is 87.9 cm³/mol. The van der Waals surface area contributed by atoms with Gasteiger partial charge in [-0.15, -0.1) is 0 Å². The molecule has 0 aliphatic rings. The van der Waals surface area contributed by atoms with Gasteiger partial charge < -0.3 is 0 Å². The van der Waals surface area contributed by atoms with Gasteiger partial charge in [-0.2, -0.15) is 0 Å². The van der Waals surface area contributed by atoms with E-state index in [0.717, 1.165) is 0 Å². The third-order valence-electron chi connectivity index (χ3n) is 4.23. The molecule has 2 heteroatoms. The second kappa shape index (κ2) is 5.21. The Hall–Kier alpha value is -0.544. The molecule has 18 heavy (non-hydrogen) atoms. The first-order valence-electron chi connectivity index (χ1n) is 6.57. The van der Waals surface area contributed by atoms with Crippen molar-refractivity contribution < 1.29 is 0 Å². The first-order valence-corrected chi connectivity index (χ1v) is 18.1. The summed E-state index contributed by atoms with van der Waals surface area (Å²) in [7, 11) is 0. The van der Waals surface area contributed by atoms with E-state index >= 15 is 0 Å². The zero-order chi connectivity index (χ0) is 13.3. The monoisotopic (exact) mass is 362 g/mol. The molecule has 2 rings (SSSR count). The van der Waals surface area contributed by atoms with E-state index in [2.05, 4.69) is 69.8 Å². The quantitative estimate of drug-likeness (QED) is 0.714. The average Bonchev–Trinajstić information content (AvgIpc) is 2.37.